The summed E-state index contributed by atoms with van der Waals surface area (Å²) in [6.45, 7) is 6.29. The molecule has 0 saturated heterocycles. The lowest BCUT2D eigenvalue weighted by Crippen LogP contribution is -2.15. The summed E-state index contributed by atoms with van der Waals surface area (Å²) in [5, 5.41) is 2.49. The molecule has 6 aromatic rings. The van der Waals surface area contributed by atoms with Gasteiger partial charge in [-0.3, -0.25) is 0 Å². The average molecular weight is 505 g/mol. The molecule has 1 aromatic heterocycles. The van der Waals surface area contributed by atoms with E-state index in [1.165, 1.54) is 44.2 Å². The molecule has 0 unspecified atom stereocenters. The molecule has 0 fully saturated rings. The number of hydrogen-bond acceptors (Lipinski definition) is 1. The summed E-state index contributed by atoms with van der Waals surface area (Å²) >= 11 is 0. The van der Waals surface area contributed by atoms with Gasteiger partial charge < -0.3 is 9.47 Å². The lowest BCUT2D eigenvalue weighted by Gasteiger charge is -2.27. The molecule has 0 atom stereocenters. The highest BCUT2D eigenvalue weighted by atomic mass is 15.1. The maximum absolute atomic E-state index is 2.36. The van der Waals surface area contributed by atoms with Crippen molar-refractivity contribution in [3.05, 3.63) is 151 Å². The number of anilines is 2. The molecule has 0 bridgehead atoms. The Morgan fingerprint density at radius 1 is 0.615 bits per heavy atom. The summed E-state index contributed by atoms with van der Waals surface area (Å²) in [6.07, 6.45) is 6.44. The molecular weight excluding hydrogens is 472 g/mol. The first kappa shape index (κ1) is 24.5. The summed E-state index contributed by atoms with van der Waals surface area (Å²) in [4.78, 5) is 2.34. The smallest absolute Gasteiger partial charge is 0.0542 e. The lowest BCUT2D eigenvalue weighted by molar-refractivity contribution is 1.17. The summed E-state index contributed by atoms with van der Waals surface area (Å²) in [5.74, 6) is 0. The fraction of sp³-hybridized carbons (Fsp3) is 0.0811. The van der Waals surface area contributed by atoms with Gasteiger partial charge >= 0.3 is 0 Å². The van der Waals surface area contributed by atoms with E-state index in [0.29, 0.717) is 0 Å². The van der Waals surface area contributed by atoms with E-state index in [1.54, 1.807) is 0 Å². The number of hydrogen-bond donors (Lipinski definition) is 0. The second-order valence-corrected chi connectivity index (χ2v) is 9.85. The SMILES string of the molecule is C/C=C\C(=C/C)N(c1ccc(-c2ccc(C)cc2)cc1)c1ccc2c(c1)c1ccccc1n2-c1ccccc1. The maximum atomic E-state index is 2.36. The van der Waals surface area contributed by atoms with Gasteiger partial charge in [0.1, 0.15) is 0 Å². The van der Waals surface area contributed by atoms with Crippen molar-refractivity contribution in [1.29, 1.82) is 0 Å². The van der Waals surface area contributed by atoms with Crippen molar-refractivity contribution in [2.45, 2.75) is 20.8 Å². The standard InChI is InChI=1S/C37H32N2/c1-4-11-30(5-2)38(32-22-20-29(21-23-32)28-18-16-27(3)17-19-28)33-24-25-37-35(26-33)34-14-9-10-15-36(34)39(37)31-12-7-6-8-13-31/h4-26H,1-3H3/b11-4-,30-5+. The van der Waals surface area contributed by atoms with Crippen LogP contribution in [0.1, 0.15) is 19.4 Å². The van der Waals surface area contributed by atoms with E-state index in [4.69, 9.17) is 0 Å². The minimum atomic E-state index is 1.13. The minimum Gasteiger partial charge on any atom is -0.311 e. The highest BCUT2D eigenvalue weighted by Gasteiger charge is 2.17. The monoisotopic (exact) mass is 504 g/mol. The van der Waals surface area contributed by atoms with Crippen LogP contribution >= 0.6 is 0 Å². The van der Waals surface area contributed by atoms with Crippen LogP contribution in [0.2, 0.25) is 0 Å². The highest BCUT2D eigenvalue weighted by Crippen LogP contribution is 2.38. The average Bonchev–Trinajstić information content (AvgIpc) is 3.32. The van der Waals surface area contributed by atoms with Gasteiger partial charge in [-0.25, -0.2) is 0 Å². The van der Waals surface area contributed by atoms with Crippen LogP contribution in [0.15, 0.2) is 145 Å². The summed E-state index contributed by atoms with van der Waals surface area (Å²) in [6, 6.07) is 43.7. The molecule has 0 amide bonds. The number of para-hydroxylation sites is 2. The number of aromatic nitrogens is 1. The number of rotatable bonds is 6. The van der Waals surface area contributed by atoms with Gasteiger partial charge in [-0.2, -0.15) is 0 Å². The maximum Gasteiger partial charge on any atom is 0.0542 e. The van der Waals surface area contributed by atoms with Crippen LogP contribution in [-0.2, 0) is 0 Å². The zero-order chi connectivity index (χ0) is 26.8. The number of aryl methyl sites for hydroxylation is 1. The molecule has 0 saturated carbocycles. The third-order valence-corrected chi connectivity index (χ3v) is 7.33. The van der Waals surface area contributed by atoms with Crippen molar-refractivity contribution in [3.8, 4) is 16.8 Å². The molecule has 39 heavy (non-hydrogen) atoms. The van der Waals surface area contributed by atoms with Crippen molar-refractivity contribution < 1.29 is 0 Å². The van der Waals surface area contributed by atoms with Gasteiger partial charge in [-0.15, -0.1) is 0 Å². The molecular formula is C37H32N2. The Morgan fingerprint density at radius 2 is 1.23 bits per heavy atom. The Bertz CT molecular complexity index is 1800. The summed E-state index contributed by atoms with van der Waals surface area (Å²) in [7, 11) is 0. The van der Waals surface area contributed by atoms with E-state index >= 15 is 0 Å². The Hall–Kier alpha value is -4.82. The largest absolute Gasteiger partial charge is 0.311 e. The van der Waals surface area contributed by atoms with E-state index in [2.05, 4.69) is 170 Å². The van der Waals surface area contributed by atoms with Crippen LogP contribution in [0.4, 0.5) is 11.4 Å². The van der Waals surface area contributed by atoms with Crippen molar-refractivity contribution in [2.24, 2.45) is 0 Å². The zero-order valence-electron chi connectivity index (χ0n) is 22.7. The van der Waals surface area contributed by atoms with Crippen LogP contribution in [-0.4, -0.2) is 4.57 Å². The van der Waals surface area contributed by atoms with Gasteiger partial charge in [-0.1, -0.05) is 90.5 Å². The second-order valence-electron chi connectivity index (χ2n) is 9.85. The van der Waals surface area contributed by atoms with Crippen LogP contribution in [0.5, 0.6) is 0 Å². The molecule has 5 aromatic carbocycles. The Kier molecular flexibility index (Phi) is 6.61. The number of allylic oxidation sites excluding steroid dienone is 3. The first-order valence-corrected chi connectivity index (χ1v) is 13.5. The topological polar surface area (TPSA) is 8.17 Å². The molecule has 6 rings (SSSR count). The van der Waals surface area contributed by atoms with Crippen LogP contribution in [0, 0.1) is 6.92 Å². The van der Waals surface area contributed by atoms with Gasteiger partial charge in [-0.05, 0) is 86.5 Å². The zero-order valence-corrected chi connectivity index (χ0v) is 22.7. The van der Waals surface area contributed by atoms with Crippen molar-refractivity contribution in [1.82, 2.24) is 4.57 Å². The minimum absolute atomic E-state index is 1.13. The first-order valence-electron chi connectivity index (χ1n) is 13.5. The predicted molar refractivity (Wildman–Crippen MR) is 168 cm³/mol. The highest BCUT2D eigenvalue weighted by molar-refractivity contribution is 6.10. The quantitative estimate of drug-likeness (QED) is 0.205. The number of benzene rings is 5. The van der Waals surface area contributed by atoms with Crippen LogP contribution in [0.3, 0.4) is 0 Å². The summed E-state index contributed by atoms with van der Waals surface area (Å²) < 4.78 is 2.36. The van der Waals surface area contributed by atoms with E-state index < -0.39 is 0 Å². The fourth-order valence-electron chi connectivity index (χ4n) is 5.42. The van der Waals surface area contributed by atoms with Gasteiger partial charge in [0.05, 0.1) is 11.0 Å². The molecule has 1 heterocycles. The third-order valence-electron chi connectivity index (χ3n) is 7.33. The molecule has 0 N–H and O–H groups in total. The molecule has 0 aliphatic rings. The van der Waals surface area contributed by atoms with Crippen molar-refractivity contribution >= 4 is 33.2 Å². The van der Waals surface area contributed by atoms with Gasteiger partial charge in [0, 0.05) is 33.5 Å². The molecule has 0 aliphatic carbocycles. The van der Waals surface area contributed by atoms with E-state index in [0.717, 1.165) is 17.1 Å². The van der Waals surface area contributed by atoms with Gasteiger partial charge in [0.2, 0.25) is 0 Å². The molecule has 0 aliphatic heterocycles. The lowest BCUT2D eigenvalue weighted by atomic mass is 10.0. The molecule has 0 radical (unpaired) electrons. The predicted octanol–water partition coefficient (Wildman–Crippen LogP) is 10.4. The number of nitrogens with zero attached hydrogens (tertiary/aromatic N) is 2. The first-order chi connectivity index (χ1) is 19.2. The molecule has 190 valence electrons. The van der Waals surface area contributed by atoms with Crippen molar-refractivity contribution in [3.63, 3.8) is 0 Å². The van der Waals surface area contributed by atoms with E-state index in [1.807, 2.05) is 0 Å². The molecule has 2 heteroatoms. The van der Waals surface area contributed by atoms with E-state index in [-0.39, 0.29) is 0 Å². The second kappa shape index (κ2) is 10.5. The Morgan fingerprint density at radius 3 is 1.92 bits per heavy atom. The number of fused-ring (bicyclic) bond motifs is 3. The van der Waals surface area contributed by atoms with Crippen LogP contribution in [0.25, 0.3) is 38.6 Å². The van der Waals surface area contributed by atoms with Crippen LogP contribution < -0.4 is 4.90 Å². The molecule has 2 nitrogen and oxygen atoms in total. The normalized spacial score (nSPS) is 12.0. The van der Waals surface area contributed by atoms with Crippen molar-refractivity contribution in [2.75, 3.05) is 4.90 Å². The third kappa shape index (κ3) is 4.55. The van der Waals surface area contributed by atoms with E-state index in [9.17, 15) is 0 Å². The van der Waals surface area contributed by atoms with Gasteiger partial charge in [0.25, 0.3) is 0 Å². The molecule has 0 spiro atoms. The van der Waals surface area contributed by atoms with Gasteiger partial charge in [0.15, 0.2) is 0 Å². The Labute approximate surface area is 230 Å². The Balaban J connectivity index is 1.51. The fourth-order valence-corrected chi connectivity index (χ4v) is 5.42. The summed E-state index contributed by atoms with van der Waals surface area (Å²) in [5.41, 5.74) is 10.7.